The van der Waals surface area contributed by atoms with Crippen molar-refractivity contribution in [3.63, 3.8) is 0 Å². The minimum Gasteiger partial charge on any atom is -0.389 e. The second-order valence-electron chi connectivity index (χ2n) is 3.27. The average molecular weight is 206 g/mol. The van der Waals surface area contributed by atoms with E-state index >= 15 is 0 Å². The number of halogens is 1. The summed E-state index contributed by atoms with van der Waals surface area (Å²) in [6, 6.07) is 7.56. The Morgan fingerprint density at radius 2 is 2.27 bits per heavy atom. The lowest BCUT2D eigenvalue weighted by atomic mass is 10.3. The number of aliphatic hydroxyl groups is 1. The van der Waals surface area contributed by atoms with Crippen molar-refractivity contribution in [2.24, 2.45) is 7.05 Å². The topological polar surface area (TPSA) is 38.0 Å². The van der Waals surface area contributed by atoms with E-state index in [4.69, 9.17) is 5.11 Å². The van der Waals surface area contributed by atoms with Crippen molar-refractivity contribution in [1.29, 1.82) is 0 Å². The molecule has 1 N–H and O–H groups in total. The molecule has 1 aromatic carbocycles. The van der Waals surface area contributed by atoms with Gasteiger partial charge < -0.3 is 9.67 Å². The zero-order valence-electron chi connectivity index (χ0n) is 8.31. The van der Waals surface area contributed by atoms with Gasteiger partial charge in [-0.05, 0) is 12.1 Å². The third-order valence-corrected chi connectivity index (χ3v) is 2.26. The first kappa shape index (κ1) is 9.86. The molecule has 0 radical (unpaired) electrons. The molecule has 0 spiro atoms. The smallest absolute Gasteiger partial charge is 0.136 e. The van der Waals surface area contributed by atoms with Gasteiger partial charge in [0.25, 0.3) is 0 Å². The van der Waals surface area contributed by atoms with Gasteiger partial charge in [0.15, 0.2) is 0 Å². The highest BCUT2D eigenvalue weighted by Crippen LogP contribution is 2.16. The molecule has 2 rings (SSSR count). The Hall–Kier alpha value is -1.68. The number of hydrogen-bond acceptors (Lipinski definition) is 2. The van der Waals surface area contributed by atoms with E-state index in [1.54, 1.807) is 4.57 Å². The van der Waals surface area contributed by atoms with Crippen molar-refractivity contribution in [2.45, 2.75) is 0 Å². The van der Waals surface area contributed by atoms with Gasteiger partial charge in [0.2, 0.25) is 0 Å². The molecule has 1 heterocycles. The Balaban J connectivity index is 2.58. The quantitative estimate of drug-likeness (QED) is 0.814. The molecule has 0 saturated heterocycles. The Kier molecular flexibility index (Phi) is 2.51. The lowest BCUT2D eigenvalue weighted by molar-refractivity contribution is 0.300. The molecule has 0 unspecified atom stereocenters. The lowest BCUT2D eigenvalue weighted by Gasteiger charge is -1.96. The Bertz CT molecular complexity index is 516. The van der Waals surface area contributed by atoms with Crippen LogP contribution in [0.1, 0.15) is 5.82 Å². The van der Waals surface area contributed by atoms with Crippen LogP contribution in [0.25, 0.3) is 17.1 Å². The van der Waals surface area contributed by atoms with E-state index in [0.717, 1.165) is 11.0 Å². The number of aromatic nitrogens is 2. The number of imidazole rings is 1. The molecule has 4 heteroatoms. The molecular weight excluding hydrogens is 195 g/mol. The number of aliphatic hydroxyl groups excluding tert-OH is 1. The number of aryl methyl sites for hydroxylation is 1. The van der Waals surface area contributed by atoms with Gasteiger partial charge >= 0.3 is 0 Å². The van der Waals surface area contributed by atoms with E-state index in [1.165, 1.54) is 6.08 Å². The zero-order valence-corrected chi connectivity index (χ0v) is 8.31. The van der Waals surface area contributed by atoms with Gasteiger partial charge in [0.05, 0.1) is 17.6 Å². The van der Waals surface area contributed by atoms with Crippen LogP contribution in [0.3, 0.4) is 0 Å². The standard InChI is InChI=1S/C11H11FN2O/c1-14-10-5-3-2-4-9(10)13-11(14)6-8(12)7-15/h2-6,15H,7H2,1H3. The third-order valence-electron chi connectivity index (χ3n) is 2.26. The normalized spacial score (nSPS) is 12.3. The number of para-hydroxylation sites is 2. The molecule has 0 atom stereocenters. The molecule has 15 heavy (non-hydrogen) atoms. The van der Waals surface area contributed by atoms with Crippen LogP contribution in [0.2, 0.25) is 0 Å². The first-order valence-corrected chi connectivity index (χ1v) is 4.61. The van der Waals surface area contributed by atoms with Gasteiger partial charge in [0.1, 0.15) is 11.7 Å². The zero-order chi connectivity index (χ0) is 10.8. The van der Waals surface area contributed by atoms with Crippen molar-refractivity contribution in [3.05, 3.63) is 35.9 Å². The summed E-state index contributed by atoms with van der Waals surface area (Å²) in [6.45, 7) is -0.594. The summed E-state index contributed by atoms with van der Waals surface area (Å²) in [7, 11) is 1.81. The largest absolute Gasteiger partial charge is 0.389 e. The maximum atomic E-state index is 12.9. The molecule has 1 aromatic heterocycles. The maximum Gasteiger partial charge on any atom is 0.136 e. The monoisotopic (exact) mass is 206 g/mol. The van der Waals surface area contributed by atoms with Gasteiger partial charge in [-0.15, -0.1) is 0 Å². The average Bonchev–Trinajstić information content (AvgIpc) is 2.57. The first-order chi connectivity index (χ1) is 7.22. The van der Waals surface area contributed by atoms with Gasteiger partial charge in [0, 0.05) is 13.1 Å². The van der Waals surface area contributed by atoms with Crippen molar-refractivity contribution < 1.29 is 9.50 Å². The Morgan fingerprint density at radius 3 is 2.93 bits per heavy atom. The number of rotatable bonds is 2. The highest BCUT2D eigenvalue weighted by Gasteiger charge is 2.05. The molecule has 2 aromatic rings. The summed E-state index contributed by atoms with van der Waals surface area (Å²) >= 11 is 0. The maximum absolute atomic E-state index is 12.9. The van der Waals surface area contributed by atoms with Crippen LogP contribution in [0.4, 0.5) is 4.39 Å². The molecule has 0 bridgehead atoms. The summed E-state index contributed by atoms with van der Waals surface area (Å²) in [5, 5.41) is 8.58. The minimum atomic E-state index is -0.594. The van der Waals surface area contributed by atoms with Crippen LogP contribution >= 0.6 is 0 Å². The van der Waals surface area contributed by atoms with E-state index < -0.39 is 12.4 Å². The second-order valence-corrected chi connectivity index (χ2v) is 3.27. The second kappa shape index (κ2) is 3.82. The first-order valence-electron chi connectivity index (χ1n) is 4.61. The van der Waals surface area contributed by atoms with E-state index in [0.29, 0.717) is 5.82 Å². The number of hydrogen-bond donors (Lipinski definition) is 1. The fourth-order valence-corrected chi connectivity index (χ4v) is 1.48. The fraction of sp³-hybridized carbons (Fsp3) is 0.182. The highest BCUT2D eigenvalue weighted by atomic mass is 19.1. The molecule has 0 fully saturated rings. The summed E-state index contributed by atoms with van der Waals surface area (Å²) in [6.07, 6.45) is 1.24. The highest BCUT2D eigenvalue weighted by molar-refractivity contribution is 5.77. The van der Waals surface area contributed by atoms with Crippen LogP contribution in [0, 0.1) is 0 Å². The van der Waals surface area contributed by atoms with Gasteiger partial charge in [-0.1, -0.05) is 12.1 Å². The number of fused-ring (bicyclic) bond motifs is 1. The summed E-state index contributed by atoms with van der Waals surface area (Å²) in [4.78, 5) is 4.24. The van der Waals surface area contributed by atoms with E-state index in [1.807, 2.05) is 31.3 Å². The molecular formula is C11H11FN2O. The van der Waals surface area contributed by atoms with E-state index in [2.05, 4.69) is 4.98 Å². The van der Waals surface area contributed by atoms with Crippen molar-refractivity contribution in [2.75, 3.05) is 6.61 Å². The van der Waals surface area contributed by atoms with Crippen LogP contribution < -0.4 is 0 Å². The van der Waals surface area contributed by atoms with Crippen LogP contribution in [-0.4, -0.2) is 21.3 Å². The summed E-state index contributed by atoms with van der Waals surface area (Å²) < 4.78 is 14.7. The van der Waals surface area contributed by atoms with Crippen molar-refractivity contribution in [3.8, 4) is 0 Å². The third kappa shape index (κ3) is 1.76. The molecule has 3 nitrogen and oxygen atoms in total. The molecule has 0 aliphatic carbocycles. The summed E-state index contributed by atoms with van der Waals surface area (Å²) in [5.41, 5.74) is 1.76. The van der Waals surface area contributed by atoms with Crippen molar-refractivity contribution in [1.82, 2.24) is 9.55 Å². The van der Waals surface area contributed by atoms with Gasteiger partial charge in [-0.3, -0.25) is 0 Å². The minimum absolute atomic E-state index is 0.503. The lowest BCUT2D eigenvalue weighted by Crippen LogP contribution is -1.92. The van der Waals surface area contributed by atoms with Gasteiger partial charge in [-0.2, -0.15) is 0 Å². The predicted molar refractivity (Wildman–Crippen MR) is 56.9 cm³/mol. The summed E-state index contributed by atoms with van der Waals surface area (Å²) in [5.74, 6) is -0.0869. The van der Waals surface area contributed by atoms with E-state index in [-0.39, 0.29) is 0 Å². The van der Waals surface area contributed by atoms with Gasteiger partial charge in [-0.25, -0.2) is 9.37 Å². The Labute approximate surface area is 86.5 Å². The number of nitrogens with zero attached hydrogens (tertiary/aromatic N) is 2. The fourth-order valence-electron chi connectivity index (χ4n) is 1.48. The van der Waals surface area contributed by atoms with Crippen LogP contribution in [0.15, 0.2) is 30.1 Å². The van der Waals surface area contributed by atoms with Crippen molar-refractivity contribution >= 4 is 17.1 Å². The molecule has 78 valence electrons. The van der Waals surface area contributed by atoms with Crippen LogP contribution in [0.5, 0.6) is 0 Å². The number of benzene rings is 1. The molecule has 0 saturated carbocycles. The van der Waals surface area contributed by atoms with Crippen LogP contribution in [-0.2, 0) is 7.05 Å². The molecule has 0 aliphatic rings. The van der Waals surface area contributed by atoms with E-state index in [9.17, 15) is 4.39 Å². The molecule has 0 aliphatic heterocycles. The molecule has 0 amide bonds. The predicted octanol–water partition coefficient (Wildman–Crippen LogP) is 1.88. The Morgan fingerprint density at radius 1 is 1.53 bits per heavy atom. The SMILES string of the molecule is Cn1c(C=C(F)CO)nc2ccccc21.